The fraction of sp³-hybridized carbons (Fsp3) is 0.167. The van der Waals surface area contributed by atoms with Crippen LogP contribution in [-0.4, -0.2) is 4.98 Å². The van der Waals surface area contributed by atoms with Crippen LogP contribution in [-0.2, 0) is 0 Å². The summed E-state index contributed by atoms with van der Waals surface area (Å²) in [5, 5.41) is 1.01. The summed E-state index contributed by atoms with van der Waals surface area (Å²) in [6, 6.07) is 17.9. The van der Waals surface area contributed by atoms with Gasteiger partial charge in [-0.1, -0.05) is 25.1 Å². The average Bonchev–Trinajstić information content (AvgIpc) is 2.55. The summed E-state index contributed by atoms with van der Waals surface area (Å²) in [7, 11) is 0. The smallest absolute Gasteiger partial charge is 0.136 e. The number of nitrogens with two attached hydrogens (primary N) is 1. The second-order valence-corrected chi connectivity index (χ2v) is 5.01. The van der Waals surface area contributed by atoms with Crippen LogP contribution in [0, 0.1) is 0 Å². The third-order valence-corrected chi connectivity index (χ3v) is 3.58. The van der Waals surface area contributed by atoms with Gasteiger partial charge < -0.3 is 10.5 Å². The van der Waals surface area contributed by atoms with Crippen LogP contribution in [0.25, 0.3) is 10.9 Å². The lowest BCUT2D eigenvalue weighted by atomic mass is 10.1. The molecular weight excluding hydrogens is 260 g/mol. The lowest BCUT2D eigenvalue weighted by Crippen LogP contribution is -2.07. The second-order valence-electron chi connectivity index (χ2n) is 5.01. The number of nitrogens with zero attached hydrogens (tertiary/aromatic N) is 1. The van der Waals surface area contributed by atoms with Crippen molar-refractivity contribution in [3.63, 3.8) is 0 Å². The zero-order valence-corrected chi connectivity index (χ0v) is 12.0. The highest BCUT2D eigenvalue weighted by Crippen LogP contribution is 2.29. The summed E-state index contributed by atoms with van der Waals surface area (Å²) >= 11 is 0. The number of fused-ring (bicyclic) bond motifs is 1. The predicted molar refractivity (Wildman–Crippen MR) is 85.5 cm³/mol. The Morgan fingerprint density at radius 2 is 1.86 bits per heavy atom. The number of pyridine rings is 1. The average molecular weight is 278 g/mol. The van der Waals surface area contributed by atoms with E-state index in [1.807, 2.05) is 54.6 Å². The zero-order chi connectivity index (χ0) is 14.7. The molecule has 1 aromatic heterocycles. The van der Waals surface area contributed by atoms with Crippen LogP contribution in [0.4, 0.5) is 0 Å². The maximum absolute atomic E-state index is 6.02. The number of rotatable bonds is 4. The number of hydrogen-bond acceptors (Lipinski definition) is 3. The minimum atomic E-state index is 0.0841. The van der Waals surface area contributed by atoms with Crippen molar-refractivity contribution in [3.8, 4) is 11.5 Å². The molecular formula is C18H18N2O. The largest absolute Gasteiger partial charge is 0.457 e. The van der Waals surface area contributed by atoms with Crippen molar-refractivity contribution < 1.29 is 4.74 Å². The second kappa shape index (κ2) is 5.94. The van der Waals surface area contributed by atoms with Gasteiger partial charge in [-0.05, 0) is 48.4 Å². The van der Waals surface area contributed by atoms with Gasteiger partial charge in [-0.2, -0.15) is 0 Å². The molecule has 0 fully saturated rings. The van der Waals surface area contributed by atoms with E-state index >= 15 is 0 Å². The Bertz CT molecular complexity index is 732. The molecule has 0 saturated heterocycles. The number of ether oxygens (including phenoxy) is 1. The van der Waals surface area contributed by atoms with E-state index in [0.717, 1.165) is 34.4 Å². The number of aromatic nitrogens is 1. The molecule has 0 aliphatic heterocycles. The van der Waals surface area contributed by atoms with E-state index in [4.69, 9.17) is 10.5 Å². The molecule has 0 aliphatic rings. The van der Waals surface area contributed by atoms with Gasteiger partial charge in [0.25, 0.3) is 0 Å². The van der Waals surface area contributed by atoms with Crippen LogP contribution < -0.4 is 10.5 Å². The summed E-state index contributed by atoms with van der Waals surface area (Å²) < 4.78 is 5.98. The van der Waals surface area contributed by atoms with Crippen LogP contribution in [0.5, 0.6) is 11.5 Å². The topological polar surface area (TPSA) is 48.1 Å². The van der Waals surface area contributed by atoms with Gasteiger partial charge in [0, 0.05) is 17.6 Å². The summed E-state index contributed by atoms with van der Waals surface area (Å²) in [6.07, 6.45) is 2.71. The molecule has 1 heterocycles. The van der Waals surface area contributed by atoms with Crippen molar-refractivity contribution in [3.05, 3.63) is 66.4 Å². The molecule has 0 radical (unpaired) electrons. The quantitative estimate of drug-likeness (QED) is 0.767. The van der Waals surface area contributed by atoms with Crippen LogP contribution in [0.1, 0.15) is 24.9 Å². The molecule has 3 nitrogen and oxygen atoms in total. The molecule has 1 unspecified atom stereocenters. The molecule has 3 heteroatoms. The lowest BCUT2D eigenvalue weighted by Gasteiger charge is -2.11. The van der Waals surface area contributed by atoms with E-state index in [0.29, 0.717) is 0 Å². The van der Waals surface area contributed by atoms with Crippen LogP contribution in [0.2, 0.25) is 0 Å². The van der Waals surface area contributed by atoms with E-state index < -0.39 is 0 Å². The maximum atomic E-state index is 6.02. The first-order valence-corrected chi connectivity index (χ1v) is 7.15. The Kier molecular flexibility index (Phi) is 3.84. The van der Waals surface area contributed by atoms with Gasteiger partial charge >= 0.3 is 0 Å². The van der Waals surface area contributed by atoms with Crippen molar-refractivity contribution >= 4 is 10.9 Å². The summed E-state index contributed by atoms with van der Waals surface area (Å²) in [5.74, 6) is 1.62. The SMILES string of the molecule is CCC(N)c1ccc(Oc2cccc3ncccc23)cc1. The summed E-state index contributed by atoms with van der Waals surface area (Å²) in [5.41, 5.74) is 8.08. The lowest BCUT2D eigenvalue weighted by molar-refractivity contribution is 0.487. The molecule has 0 aliphatic carbocycles. The zero-order valence-electron chi connectivity index (χ0n) is 12.0. The van der Waals surface area contributed by atoms with Crippen LogP contribution in [0.15, 0.2) is 60.8 Å². The first-order valence-electron chi connectivity index (χ1n) is 7.15. The highest BCUT2D eigenvalue weighted by molar-refractivity contribution is 5.85. The van der Waals surface area contributed by atoms with Crippen molar-refractivity contribution in [1.29, 1.82) is 0 Å². The molecule has 0 spiro atoms. The predicted octanol–water partition coefficient (Wildman–Crippen LogP) is 4.44. The molecule has 0 amide bonds. The Labute approximate surface area is 124 Å². The van der Waals surface area contributed by atoms with Gasteiger partial charge in [0.05, 0.1) is 5.52 Å². The minimum absolute atomic E-state index is 0.0841. The Balaban J connectivity index is 1.88. The van der Waals surface area contributed by atoms with Gasteiger partial charge in [0.15, 0.2) is 0 Å². The molecule has 1 atom stereocenters. The first-order chi connectivity index (χ1) is 10.3. The van der Waals surface area contributed by atoms with Gasteiger partial charge in [-0.25, -0.2) is 0 Å². The van der Waals surface area contributed by atoms with Crippen molar-refractivity contribution in [2.24, 2.45) is 5.73 Å². The van der Waals surface area contributed by atoms with E-state index in [2.05, 4.69) is 11.9 Å². The van der Waals surface area contributed by atoms with E-state index in [1.165, 1.54) is 0 Å². The Hall–Kier alpha value is -2.39. The maximum Gasteiger partial charge on any atom is 0.136 e. The Morgan fingerprint density at radius 1 is 1.05 bits per heavy atom. The van der Waals surface area contributed by atoms with Gasteiger partial charge in [-0.15, -0.1) is 0 Å². The molecule has 0 saturated carbocycles. The van der Waals surface area contributed by atoms with E-state index in [9.17, 15) is 0 Å². The van der Waals surface area contributed by atoms with E-state index in [1.54, 1.807) is 6.20 Å². The van der Waals surface area contributed by atoms with Crippen molar-refractivity contribution in [1.82, 2.24) is 4.98 Å². The number of hydrogen-bond donors (Lipinski definition) is 1. The third-order valence-electron chi connectivity index (χ3n) is 3.58. The highest BCUT2D eigenvalue weighted by atomic mass is 16.5. The molecule has 3 aromatic rings. The molecule has 0 bridgehead atoms. The molecule has 2 aromatic carbocycles. The highest BCUT2D eigenvalue weighted by Gasteiger charge is 2.06. The standard InChI is InChI=1S/C18H18N2O/c1-2-16(19)13-8-10-14(11-9-13)21-18-7-3-6-17-15(18)5-4-12-20-17/h3-12,16H,2,19H2,1H3. The van der Waals surface area contributed by atoms with Gasteiger partial charge in [0.1, 0.15) is 11.5 Å². The minimum Gasteiger partial charge on any atom is -0.457 e. The Morgan fingerprint density at radius 3 is 2.62 bits per heavy atom. The van der Waals surface area contributed by atoms with Crippen molar-refractivity contribution in [2.45, 2.75) is 19.4 Å². The van der Waals surface area contributed by atoms with E-state index in [-0.39, 0.29) is 6.04 Å². The summed E-state index contributed by atoms with van der Waals surface area (Å²) in [4.78, 5) is 4.34. The summed E-state index contributed by atoms with van der Waals surface area (Å²) in [6.45, 7) is 2.08. The third kappa shape index (κ3) is 2.88. The normalized spacial score (nSPS) is 12.3. The monoisotopic (exact) mass is 278 g/mol. The van der Waals surface area contributed by atoms with Crippen molar-refractivity contribution in [2.75, 3.05) is 0 Å². The van der Waals surface area contributed by atoms with Crippen LogP contribution in [0.3, 0.4) is 0 Å². The fourth-order valence-electron chi connectivity index (χ4n) is 2.31. The molecule has 2 N–H and O–H groups in total. The fourth-order valence-corrected chi connectivity index (χ4v) is 2.31. The number of benzene rings is 2. The molecule has 3 rings (SSSR count). The molecule has 106 valence electrons. The first kappa shape index (κ1) is 13.6. The van der Waals surface area contributed by atoms with Gasteiger partial charge in [0.2, 0.25) is 0 Å². The molecule has 21 heavy (non-hydrogen) atoms. The van der Waals surface area contributed by atoms with Gasteiger partial charge in [-0.3, -0.25) is 4.98 Å². The van der Waals surface area contributed by atoms with Crippen LogP contribution >= 0.6 is 0 Å².